The molecule has 0 aromatic carbocycles. The van der Waals surface area contributed by atoms with Crippen molar-refractivity contribution in [3.8, 4) is 0 Å². The Morgan fingerprint density at radius 1 is 1.19 bits per heavy atom. The summed E-state index contributed by atoms with van der Waals surface area (Å²) in [6.07, 6.45) is 5.68. The maximum atomic E-state index is 11.1. The van der Waals surface area contributed by atoms with Gasteiger partial charge in [-0.1, -0.05) is 12.8 Å². The van der Waals surface area contributed by atoms with Crippen LogP contribution >= 0.6 is 0 Å². The molecule has 0 amide bonds. The van der Waals surface area contributed by atoms with E-state index < -0.39 is 7.12 Å². The third kappa shape index (κ3) is 12.4. The van der Waals surface area contributed by atoms with Gasteiger partial charge in [0.05, 0.1) is 0 Å². The van der Waals surface area contributed by atoms with E-state index in [0.29, 0.717) is 24.9 Å². The average Bonchev–Trinajstić information content (AvgIpc) is 2.44. The number of piperidine rings is 1. The Morgan fingerprint density at radius 3 is 2.29 bits per heavy atom. The Labute approximate surface area is 125 Å². The highest BCUT2D eigenvalue weighted by Crippen LogP contribution is 2.10. The average molecular weight is 300 g/mol. The van der Waals surface area contributed by atoms with Gasteiger partial charge in [0.25, 0.3) is 0 Å². The lowest BCUT2D eigenvalue weighted by Gasteiger charge is -2.26. The Kier molecular flexibility index (Phi) is 12.0. The van der Waals surface area contributed by atoms with Crippen LogP contribution in [0.3, 0.4) is 0 Å². The fourth-order valence-corrected chi connectivity index (χ4v) is 2.25. The number of unbranched alkanes of at least 4 members (excludes halogenated alkanes) is 1. The lowest BCUT2D eigenvalue weighted by Crippen LogP contribution is -2.37. The van der Waals surface area contributed by atoms with Gasteiger partial charge in [-0.15, -0.1) is 0 Å². The van der Waals surface area contributed by atoms with Crippen molar-refractivity contribution in [1.29, 1.82) is 0 Å². The number of ketones is 1. The van der Waals surface area contributed by atoms with E-state index in [2.05, 4.69) is 4.90 Å². The molecule has 0 aromatic rings. The normalized spacial score (nSPS) is 16.6. The highest BCUT2D eigenvalue weighted by molar-refractivity contribution is 6.40. The van der Waals surface area contributed by atoms with Crippen LogP contribution in [0.15, 0.2) is 0 Å². The maximum Gasteiger partial charge on any atom is 0.451 e. The molecule has 1 unspecified atom stereocenters. The molecule has 1 aliphatic rings. The number of rotatable bonds is 8. The number of likely N-dealkylation sites (tertiary alicyclic amines) is 1. The van der Waals surface area contributed by atoms with Gasteiger partial charge >= 0.3 is 13.3 Å². The second-order valence-corrected chi connectivity index (χ2v) is 5.28. The number of hydrogen-bond acceptors (Lipinski definition) is 7. The van der Waals surface area contributed by atoms with Crippen LogP contribution in [0, 0.1) is 0 Å². The van der Waals surface area contributed by atoms with Crippen molar-refractivity contribution in [3.05, 3.63) is 0 Å². The quantitative estimate of drug-likeness (QED) is 0.405. The zero-order chi connectivity index (χ0) is 16.1. The van der Waals surface area contributed by atoms with E-state index in [1.165, 1.54) is 0 Å². The predicted molar refractivity (Wildman–Crippen MR) is 77.1 cm³/mol. The molecule has 0 radical (unpaired) electrons. The second-order valence-electron chi connectivity index (χ2n) is 5.28. The Hall–Kier alpha value is -1.05. The Morgan fingerprint density at radius 2 is 1.76 bits per heavy atom. The second kappa shape index (κ2) is 12.7. The molecule has 0 aromatic heterocycles. The summed E-state index contributed by atoms with van der Waals surface area (Å²) < 4.78 is 0. The molecule has 8 heteroatoms. The van der Waals surface area contributed by atoms with Gasteiger partial charge < -0.3 is 20.7 Å². The van der Waals surface area contributed by atoms with Crippen molar-refractivity contribution in [2.75, 3.05) is 19.6 Å². The van der Waals surface area contributed by atoms with Crippen LogP contribution in [0.5, 0.6) is 0 Å². The fraction of sp³-hybridized carbons (Fsp3) is 0.846. The molecule has 1 atom stereocenters. The van der Waals surface area contributed by atoms with Gasteiger partial charge in [-0.2, -0.15) is 9.59 Å². The van der Waals surface area contributed by atoms with Gasteiger partial charge in [0.2, 0.25) is 0 Å². The summed E-state index contributed by atoms with van der Waals surface area (Å²) in [4.78, 5) is 29.6. The SMILES string of the molecule is NC(CCCCB(O)O)CCN1CCC(=O)CC1.O=C=O. The van der Waals surface area contributed by atoms with Crippen LogP contribution in [0.25, 0.3) is 0 Å². The third-order valence-electron chi connectivity index (χ3n) is 3.52. The van der Waals surface area contributed by atoms with Gasteiger partial charge in [-0.3, -0.25) is 4.79 Å². The minimum absolute atomic E-state index is 0.179. The summed E-state index contributed by atoms with van der Waals surface area (Å²) in [6.45, 7) is 2.72. The molecule has 0 spiro atoms. The van der Waals surface area contributed by atoms with Crippen molar-refractivity contribution in [2.24, 2.45) is 5.73 Å². The molecule has 4 N–H and O–H groups in total. The zero-order valence-corrected chi connectivity index (χ0v) is 12.4. The van der Waals surface area contributed by atoms with E-state index in [4.69, 9.17) is 25.4 Å². The summed E-state index contributed by atoms with van der Waals surface area (Å²) in [5.74, 6) is 0.373. The van der Waals surface area contributed by atoms with E-state index in [9.17, 15) is 4.79 Å². The fourth-order valence-electron chi connectivity index (χ4n) is 2.25. The number of nitrogens with zero attached hydrogens (tertiary/aromatic N) is 1. The maximum absolute atomic E-state index is 11.1. The Bertz CT molecular complexity index is 312. The summed E-state index contributed by atoms with van der Waals surface area (Å²) >= 11 is 0. The number of Topliss-reactive ketones (excluding diaryl/α,β-unsaturated/α-hetero) is 1. The van der Waals surface area contributed by atoms with Crippen LogP contribution in [0.1, 0.15) is 38.5 Å². The highest BCUT2D eigenvalue weighted by atomic mass is 16.4. The first-order valence-electron chi connectivity index (χ1n) is 7.34. The molecule has 120 valence electrons. The summed E-state index contributed by atoms with van der Waals surface area (Å²) in [5.41, 5.74) is 6.02. The molecule has 0 aliphatic carbocycles. The van der Waals surface area contributed by atoms with Crippen molar-refractivity contribution >= 4 is 19.1 Å². The van der Waals surface area contributed by atoms with E-state index >= 15 is 0 Å². The van der Waals surface area contributed by atoms with Crippen molar-refractivity contribution in [1.82, 2.24) is 4.90 Å². The monoisotopic (exact) mass is 300 g/mol. The van der Waals surface area contributed by atoms with Crippen LogP contribution in [-0.2, 0) is 14.4 Å². The van der Waals surface area contributed by atoms with Gasteiger partial charge in [0.15, 0.2) is 0 Å². The first-order chi connectivity index (χ1) is 9.99. The molecule has 1 aliphatic heterocycles. The zero-order valence-electron chi connectivity index (χ0n) is 12.4. The molecule has 0 saturated carbocycles. The number of carbonyl (C=O) groups excluding carboxylic acids is 3. The van der Waals surface area contributed by atoms with E-state index in [0.717, 1.165) is 45.3 Å². The first kappa shape index (κ1) is 20.0. The van der Waals surface area contributed by atoms with E-state index in [1.807, 2.05) is 0 Å². The molecule has 1 fully saturated rings. The summed E-state index contributed by atoms with van der Waals surface area (Å²) in [5, 5.41) is 17.4. The molecule has 21 heavy (non-hydrogen) atoms. The van der Waals surface area contributed by atoms with Crippen molar-refractivity contribution < 1.29 is 24.4 Å². The standard InChI is InChI=1S/C12H25BN2O3.CO2/c14-11(3-1-2-7-13(17)18)4-8-15-9-5-12(16)6-10-15;2-1-3/h11,17-18H,1-10,14H2;. The van der Waals surface area contributed by atoms with Crippen LogP contribution in [-0.4, -0.2) is 59.7 Å². The van der Waals surface area contributed by atoms with Gasteiger partial charge in [-0.05, 0) is 25.7 Å². The molecule has 1 rings (SSSR count). The van der Waals surface area contributed by atoms with E-state index in [1.54, 1.807) is 0 Å². The molecular formula is C13H25BN2O5. The largest absolute Gasteiger partial charge is 0.451 e. The molecular weight excluding hydrogens is 275 g/mol. The van der Waals surface area contributed by atoms with Crippen LogP contribution in [0.2, 0.25) is 6.32 Å². The van der Waals surface area contributed by atoms with Crippen molar-refractivity contribution in [3.63, 3.8) is 0 Å². The minimum Gasteiger partial charge on any atom is -0.427 e. The van der Waals surface area contributed by atoms with Gasteiger partial charge in [-0.25, -0.2) is 0 Å². The number of nitrogens with two attached hydrogens (primary N) is 1. The number of hydrogen-bond donors (Lipinski definition) is 3. The molecule has 7 nitrogen and oxygen atoms in total. The summed E-state index contributed by atoms with van der Waals surface area (Å²) in [7, 11) is -1.19. The van der Waals surface area contributed by atoms with Crippen LogP contribution < -0.4 is 5.73 Å². The summed E-state index contributed by atoms with van der Waals surface area (Å²) in [6, 6.07) is 0.179. The predicted octanol–water partition coefficient (Wildman–Crippen LogP) is -0.572. The minimum atomic E-state index is -1.19. The van der Waals surface area contributed by atoms with Crippen LogP contribution in [0.4, 0.5) is 0 Å². The van der Waals surface area contributed by atoms with Crippen molar-refractivity contribution in [2.45, 2.75) is 50.9 Å². The van der Waals surface area contributed by atoms with Gasteiger partial charge in [0.1, 0.15) is 5.78 Å². The smallest absolute Gasteiger partial charge is 0.427 e. The lowest BCUT2D eigenvalue weighted by molar-refractivity contribution is -0.191. The molecule has 1 heterocycles. The highest BCUT2D eigenvalue weighted by Gasteiger charge is 2.16. The molecule has 1 saturated heterocycles. The van der Waals surface area contributed by atoms with E-state index in [-0.39, 0.29) is 12.2 Å². The molecule has 0 bridgehead atoms. The topological polar surface area (TPSA) is 121 Å². The van der Waals surface area contributed by atoms with Gasteiger partial charge in [0, 0.05) is 32.0 Å². The third-order valence-corrected chi connectivity index (χ3v) is 3.52. The number of carbonyl (C=O) groups is 1. The lowest BCUT2D eigenvalue weighted by atomic mass is 9.83. The first-order valence-corrected chi connectivity index (χ1v) is 7.34. The Balaban J connectivity index is 0.00000122.